The monoisotopic (exact) mass is 191 g/mol. The van der Waals surface area contributed by atoms with Gasteiger partial charge in [-0.1, -0.05) is 45.9 Å². The number of fused-ring (bicyclic) bond motifs is 1. The highest BCUT2D eigenvalue weighted by atomic mass is 16.1. The van der Waals surface area contributed by atoms with Gasteiger partial charge in [0.05, 0.1) is 5.56 Å². The Bertz CT molecular complexity index is 316. The van der Waals surface area contributed by atoms with Crippen molar-refractivity contribution < 1.29 is 4.79 Å². The molecule has 0 atom stereocenters. The second kappa shape index (κ2) is 7.01. The van der Waals surface area contributed by atoms with Crippen LogP contribution < -0.4 is 0 Å². The molecule has 2 rings (SSSR count). The minimum atomic E-state index is -0.129. The van der Waals surface area contributed by atoms with E-state index in [0.29, 0.717) is 5.56 Å². The van der Waals surface area contributed by atoms with E-state index in [1.807, 2.05) is 45.9 Å². The topological polar surface area (TPSA) is 29.4 Å². The highest BCUT2D eigenvalue weighted by Crippen LogP contribution is 2.12. The number of nitrogens with zero attached hydrogens (tertiary/aromatic N) is 1. The highest BCUT2D eigenvalue weighted by Gasteiger charge is 2.12. The largest absolute Gasteiger partial charge is 0.277 e. The van der Waals surface area contributed by atoms with E-state index in [0.717, 1.165) is 5.56 Å². The minimum absolute atomic E-state index is 0.129. The molecule has 1 aliphatic heterocycles. The summed E-state index contributed by atoms with van der Waals surface area (Å²) < 4.78 is 0. The predicted molar refractivity (Wildman–Crippen MR) is 61.1 cm³/mol. The van der Waals surface area contributed by atoms with E-state index in [4.69, 9.17) is 0 Å². The molecule has 1 heterocycles. The van der Waals surface area contributed by atoms with Gasteiger partial charge in [-0.15, -0.1) is 0 Å². The van der Waals surface area contributed by atoms with Crippen LogP contribution in [0.4, 0.5) is 0 Å². The quantitative estimate of drug-likeness (QED) is 0.618. The number of aliphatic imine (C=N–C) groups is 1. The summed E-state index contributed by atoms with van der Waals surface area (Å²) in [6.45, 7) is 8.00. The number of amides is 1. The second-order valence-corrected chi connectivity index (χ2v) is 2.15. The smallest absolute Gasteiger partial charge is 0.267 e. The van der Waals surface area contributed by atoms with E-state index < -0.39 is 0 Å². The molecule has 0 saturated carbocycles. The Morgan fingerprint density at radius 1 is 1.00 bits per heavy atom. The second-order valence-electron chi connectivity index (χ2n) is 2.15. The van der Waals surface area contributed by atoms with Gasteiger partial charge in [0.25, 0.3) is 5.91 Å². The van der Waals surface area contributed by atoms with Crippen molar-refractivity contribution in [3.8, 4) is 0 Å². The van der Waals surface area contributed by atoms with Crippen LogP contribution in [0.2, 0.25) is 0 Å². The van der Waals surface area contributed by atoms with E-state index >= 15 is 0 Å². The fourth-order valence-corrected chi connectivity index (χ4v) is 1.00. The normalized spacial score (nSPS) is 10.7. The van der Waals surface area contributed by atoms with Crippen molar-refractivity contribution in [1.82, 2.24) is 0 Å². The molecule has 0 aromatic heterocycles. The first-order valence-corrected chi connectivity index (χ1v) is 5.05. The molecule has 0 aliphatic carbocycles. The van der Waals surface area contributed by atoms with Crippen LogP contribution in [-0.4, -0.2) is 12.1 Å². The Hall–Kier alpha value is -1.44. The number of hydrogen-bond donors (Lipinski definition) is 0. The zero-order chi connectivity index (χ0) is 11.0. The third kappa shape index (κ3) is 2.80. The Morgan fingerprint density at radius 3 is 2.14 bits per heavy atom. The van der Waals surface area contributed by atoms with Crippen LogP contribution in [0.15, 0.2) is 29.3 Å². The molecule has 0 N–H and O–H groups in total. The van der Waals surface area contributed by atoms with E-state index in [2.05, 4.69) is 4.99 Å². The van der Waals surface area contributed by atoms with Gasteiger partial charge in [-0.2, -0.15) is 0 Å². The fourth-order valence-electron chi connectivity index (χ4n) is 1.00. The molecular formula is C12H17NO. The SMILES string of the molecule is CC.CC.O=C1N=Cc2ccccc21. The van der Waals surface area contributed by atoms with E-state index in [1.54, 1.807) is 12.3 Å². The van der Waals surface area contributed by atoms with E-state index in [1.165, 1.54) is 0 Å². The van der Waals surface area contributed by atoms with Gasteiger partial charge in [-0.05, 0) is 6.07 Å². The van der Waals surface area contributed by atoms with Crippen LogP contribution in [0.1, 0.15) is 43.6 Å². The standard InChI is InChI=1S/C8H5NO.2C2H6/c10-8-7-4-2-1-3-6(7)5-9-8;2*1-2/h1-5H;2*1-2H3. The number of rotatable bonds is 0. The van der Waals surface area contributed by atoms with E-state index in [-0.39, 0.29) is 5.91 Å². The number of benzene rings is 1. The van der Waals surface area contributed by atoms with Crippen LogP contribution in [0, 0.1) is 0 Å². The first kappa shape index (κ1) is 12.6. The Labute approximate surface area is 85.7 Å². The maximum Gasteiger partial charge on any atom is 0.277 e. The van der Waals surface area contributed by atoms with Crippen molar-refractivity contribution in [3.05, 3.63) is 35.4 Å². The first-order valence-electron chi connectivity index (χ1n) is 5.05. The Morgan fingerprint density at radius 2 is 1.57 bits per heavy atom. The summed E-state index contributed by atoms with van der Waals surface area (Å²) in [7, 11) is 0. The van der Waals surface area contributed by atoms with Crippen molar-refractivity contribution in [2.45, 2.75) is 27.7 Å². The molecule has 0 radical (unpaired) electrons. The lowest BCUT2D eigenvalue weighted by molar-refractivity contribution is 0.101. The molecule has 76 valence electrons. The Kier molecular flexibility index (Phi) is 6.29. The third-order valence-corrected chi connectivity index (χ3v) is 1.51. The zero-order valence-corrected chi connectivity index (χ0v) is 9.24. The molecule has 0 fully saturated rings. The van der Waals surface area contributed by atoms with Crippen molar-refractivity contribution in [3.63, 3.8) is 0 Å². The lowest BCUT2D eigenvalue weighted by atomic mass is 10.1. The van der Waals surface area contributed by atoms with Gasteiger partial charge in [0.15, 0.2) is 0 Å². The van der Waals surface area contributed by atoms with Gasteiger partial charge in [-0.25, -0.2) is 4.99 Å². The molecule has 1 aromatic carbocycles. The van der Waals surface area contributed by atoms with Crippen molar-refractivity contribution in [1.29, 1.82) is 0 Å². The molecule has 1 aromatic rings. The molecule has 2 heteroatoms. The lowest BCUT2D eigenvalue weighted by Crippen LogP contribution is -1.89. The van der Waals surface area contributed by atoms with Crippen molar-refractivity contribution in [2.24, 2.45) is 4.99 Å². The summed E-state index contributed by atoms with van der Waals surface area (Å²) in [6, 6.07) is 7.39. The van der Waals surface area contributed by atoms with Crippen LogP contribution in [0.25, 0.3) is 0 Å². The van der Waals surface area contributed by atoms with Crippen LogP contribution in [-0.2, 0) is 0 Å². The number of carbonyl (C=O) groups is 1. The van der Waals surface area contributed by atoms with Gasteiger partial charge < -0.3 is 0 Å². The third-order valence-electron chi connectivity index (χ3n) is 1.51. The van der Waals surface area contributed by atoms with Crippen molar-refractivity contribution in [2.75, 3.05) is 0 Å². The summed E-state index contributed by atoms with van der Waals surface area (Å²) >= 11 is 0. The molecule has 1 amide bonds. The minimum Gasteiger partial charge on any atom is -0.267 e. The lowest BCUT2D eigenvalue weighted by Gasteiger charge is -1.89. The fraction of sp³-hybridized carbons (Fsp3) is 0.333. The number of carbonyl (C=O) groups excluding carboxylic acids is 1. The number of hydrogen-bond acceptors (Lipinski definition) is 1. The average molecular weight is 191 g/mol. The molecule has 2 nitrogen and oxygen atoms in total. The zero-order valence-electron chi connectivity index (χ0n) is 9.24. The van der Waals surface area contributed by atoms with Gasteiger partial charge in [0.2, 0.25) is 0 Å². The molecule has 0 spiro atoms. The molecular weight excluding hydrogens is 174 g/mol. The average Bonchev–Trinajstić information content (AvgIpc) is 2.67. The van der Waals surface area contributed by atoms with Crippen LogP contribution >= 0.6 is 0 Å². The maximum atomic E-state index is 10.9. The molecule has 0 saturated heterocycles. The summed E-state index contributed by atoms with van der Waals surface area (Å²) in [4.78, 5) is 14.5. The van der Waals surface area contributed by atoms with Gasteiger partial charge in [0.1, 0.15) is 0 Å². The summed E-state index contributed by atoms with van der Waals surface area (Å²) in [5.74, 6) is -0.129. The molecule has 1 aliphatic rings. The summed E-state index contributed by atoms with van der Waals surface area (Å²) in [6.07, 6.45) is 1.59. The van der Waals surface area contributed by atoms with Crippen LogP contribution in [0.3, 0.4) is 0 Å². The van der Waals surface area contributed by atoms with Crippen molar-refractivity contribution >= 4 is 12.1 Å². The Balaban J connectivity index is 0.000000379. The molecule has 0 unspecified atom stereocenters. The van der Waals surface area contributed by atoms with Crippen LogP contribution in [0.5, 0.6) is 0 Å². The molecule has 14 heavy (non-hydrogen) atoms. The highest BCUT2D eigenvalue weighted by molar-refractivity contribution is 6.12. The maximum absolute atomic E-state index is 10.9. The predicted octanol–water partition coefficient (Wildman–Crippen LogP) is 3.31. The molecule has 0 bridgehead atoms. The van der Waals surface area contributed by atoms with E-state index in [9.17, 15) is 4.79 Å². The summed E-state index contributed by atoms with van der Waals surface area (Å²) in [5.41, 5.74) is 1.63. The first-order chi connectivity index (χ1) is 6.88. The van der Waals surface area contributed by atoms with Gasteiger partial charge >= 0.3 is 0 Å². The van der Waals surface area contributed by atoms with Gasteiger partial charge in [0, 0.05) is 11.8 Å². The summed E-state index contributed by atoms with van der Waals surface area (Å²) in [5, 5.41) is 0. The van der Waals surface area contributed by atoms with Gasteiger partial charge in [-0.3, -0.25) is 4.79 Å².